The summed E-state index contributed by atoms with van der Waals surface area (Å²) in [6, 6.07) is 6.23. The van der Waals surface area contributed by atoms with Crippen molar-refractivity contribution in [3.8, 4) is 0 Å². The molecule has 2 N–H and O–H groups in total. The van der Waals surface area contributed by atoms with Crippen LogP contribution in [0.5, 0.6) is 0 Å². The molecule has 4 heteroatoms. The van der Waals surface area contributed by atoms with Crippen LogP contribution in [0.2, 0.25) is 0 Å². The second-order valence-electron chi connectivity index (χ2n) is 3.91. The molecule has 1 rings (SSSR count). The molecule has 0 saturated carbocycles. The first kappa shape index (κ1) is 13.1. The number of likely N-dealkylation sites (N-methyl/N-ethyl adjacent to an activating group) is 1. The van der Waals surface area contributed by atoms with Crippen molar-refractivity contribution in [2.75, 3.05) is 33.9 Å². The first-order valence-electron chi connectivity index (χ1n) is 5.32. The monoisotopic (exact) mass is 226 g/mol. The van der Waals surface area contributed by atoms with Crippen molar-refractivity contribution in [3.05, 3.63) is 35.6 Å². The zero-order valence-corrected chi connectivity index (χ0v) is 9.82. The SMILES string of the molecule is COCCN(C)CC(N)c1ccc(F)cc1. The first-order chi connectivity index (χ1) is 7.63. The first-order valence-corrected chi connectivity index (χ1v) is 5.32. The van der Waals surface area contributed by atoms with Gasteiger partial charge in [0.15, 0.2) is 0 Å². The highest BCUT2D eigenvalue weighted by Gasteiger charge is 2.08. The topological polar surface area (TPSA) is 38.5 Å². The van der Waals surface area contributed by atoms with Crippen molar-refractivity contribution in [1.29, 1.82) is 0 Å². The van der Waals surface area contributed by atoms with Gasteiger partial charge in [-0.1, -0.05) is 12.1 Å². The minimum absolute atomic E-state index is 0.0949. The molecule has 0 bridgehead atoms. The lowest BCUT2D eigenvalue weighted by atomic mass is 10.1. The molecular formula is C12H19FN2O. The normalized spacial score (nSPS) is 13.1. The van der Waals surface area contributed by atoms with Crippen molar-refractivity contribution in [3.63, 3.8) is 0 Å². The van der Waals surface area contributed by atoms with Gasteiger partial charge in [0.1, 0.15) is 5.82 Å². The summed E-state index contributed by atoms with van der Waals surface area (Å²) < 4.78 is 17.7. The standard InChI is InChI=1S/C12H19FN2O/c1-15(7-8-16-2)9-12(14)10-3-5-11(13)6-4-10/h3-6,12H,7-9,14H2,1-2H3. The molecule has 0 spiro atoms. The van der Waals surface area contributed by atoms with Crippen LogP contribution in [0.25, 0.3) is 0 Å². The van der Waals surface area contributed by atoms with Crippen molar-refractivity contribution in [1.82, 2.24) is 4.90 Å². The predicted octanol–water partition coefficient (Wildman–Crippen LogP) is 1.40. The van der Waals surface area contributed by atoms with Gasteiger partial charge in [0.2, 0.25) is 0 Å². The lowest BCUT2D eigenvalue weighted by Crippen LogP contribution is -2.31. The molecule has 3 nitrogen and oxygen atoms in total. The number of benzene rings is 1. The molecular weight excluding hydrogens is 207 g/mol. The molecule has 1 atom stereocenters. The Bertz CT molecular complexity index is 302. The van der Waals surface area contributed by atoms with E-state index in [1.54, 1.807) is 19.2 Å². The van der Waals surface area contributed by atoms with E-state index in [1.807, 2.05) is 7.05 Å². The van der Waals surface area contributed by atoms with Crippen LogP contribution in [0, 0.1) is 5.82 Å². The number of nitrogens with two attached hydrogens (primary N) is 1. The van der Waals surface area contributed by atoms with E-state index < -0.39 is 0 Å². The molecule has 0 radical (unpaired) electrons. The van der Waals surface area contributed by atoms with Gasteiger partial charge in [-0.05, 0) is 24.7 Å². The molecule has 0 aliphatic heterocycles. The Morgan fingerprint density at radius 1 is 1.38 bits per heavy atom. The Balaban J connectivity index is 2.45. The summed E-state index contributed by atoms with van der Waals surface area (Å²) in [5.41, 5.74) is 6.96. The third kappa shape index (κ3) is 4.26. The van der Waals surface area contributed by atoms with Crippen LogP contribution in [0.1, 0.15) is 11.6 Å². The Labute approximate surface area is 96.0 Å². The second-order valence-corrected chi connectivity index (χ2v) is 3.91. The van der Waals surface area contributed by atoms with Gasteiger partial charge in [0.25, 0.3) is 0 Å². The van der Waals surface area contributed by atoms with E-state index in [0.29, 0.717) is 6.61 Å². The number of methoxy groups -OCH3 is 1. The van der Waals surface area contributed by atoms with Crippen LogP contribution >= 0.6 is 0 Å². The Kier molecular flexibility index (Phi) is 5.38. The fourth-order valence-corrected chi connectivity index (χ4v) is 1.49. The van der Waals surface area contributed by atoms with Crippen molar-refractivity contribution in [2.45, 2.75) is 6.04 Å². The van der Waals surface area contributed by atoms with E-state index in [-0.39, 0.29) is 11.9 Å². The van der Waals surface area contributed by atoms with Gasteiger partial charge < -0.3 is 15.4 Å². The maximum absolute atomic E-state index is 12.7. The van der Waals surface area contributed by atoms with E-state index in [4.69, 9.17) is 10.5 Å². The molecule has 1 unspecified atom stereocenters. The summed E-state index contributed by atoms with van der Waals surface area (Å²) in [4.78, 5) is 2.09. The fraction of sp³-hybridized carbons (Fsp3) is 0.500. The van der Waals surface area contributed by atoms with Crippen LogP contribution in [-0.2, 0) is 4.74 Å². The maximum atomic E-state index is 12.7. The van der Waals surface area contributed by atoms with Crippen molar-refractivity contribution in [2.24, 2.45) is 5.73 Å². The van der Waals surface area contributed by atoms with Gasteiger partial charge in [0, 0.05) is 26.2 Å². The molecule has 0 heterocycles. The number of nitrogens with zero attached hydrogens (tertiary/aromatic N) is 1. The van der Waals surface area contributed by atoms with Gasteiger partial charge >= 0.3 is 0 Å². The summed E-state index contributed by atoms with van der Waals surface area (Å²) in [6.07, 6.45) is 0. The van der Waals surface area contributed by atoms with E-state index in [1.165, 1.54) is 12.1 Å². The Morgan fingerprint density at radius 3 is 2.56 bits per heavy atom. The second kappa shape index (κ2) is 6.58. The summed E-state index contributed by atoms with van der Waals surface area (Å²) in [5, 5.41) is 0. The zero-order chi connectivity index (χ0) is 12.0. The van der Waals surface area contributed by atoms with Crippen LogP contribution in [0.15, 0.2) is 24.3 Å². The molecule has 0 aromatic heterocycles. The highest BCUT2D eigenvalue weighted by atomic mass is 19.1. The number of hydrogen-bond acceptors (Lipinski definition) is 3. The number of halogens is 1. The summed E-state index contributed by atoms with van der Waals surface area (Å²) >= 11 is 0. The molecule has 16 heavy (non-hydrogen) atoms. The third-order valence-electron chi connectivity index (χ3n) is 2.48. The molecule has 0 fully saturated rings. The Hall–Kier alpha value is -0.970. The molecule has 0 aliphatic rings. The van der Waals surface area contributed by atoms with Gasteiger partial charge in [-0.15, -0.1) is 0 Å². The van der Waals surface area contributed by atoms with Gasteiger partial charge in [0.05, 0.1) is 6.61 Å². The van der Waals surface area contributed by atoms with Crippen molar-refractivity contribution < 1.29 is 9.13 Å². The maximum Gasteiger partial charge on any atom is 0.123 e. The average Bonchev–Trinajstić information content (AvgIpc) is 2.27. The number of rotatable bonds is 6. The van der Waals surface area contributed by atoms with Gasteiger partial charge in [-0.3, -0.25) is 0 Å². The average molecular weight is 226 g/mol. The van der Waals surface area contributed by atoms with Gasteiger partial charge in [-0.2, -0.15) is 0 Å². The summed E-state index contributed by atoms with van der Waals surface area (Å²) in [5.74, 6) is -0.233. The van der Waals surface area contributed by atoms with E-state index >= 15 is 0 Å². The smallest absolute Gasteiger partial charge is 0.123 e. The molecule has 0 aliphatic carbocycles. The minimum atomic E-state index is -0.233. The van der Waals surface area contributed by atoms with Gasteiger partial charge in [-0.25, -0.2) is 4.39 Å². The molecule has 0 amide bonds. The predicted molar refractivity (Wildman–Crippen MR) is 62.7 cm³/mol. The summed E-state index contributed by atoms with van der Waals surface area (Å²) in [7, 11) is 3.66. The summed E-state index contributed by atoms with van der Waals surface area (Å²) in [6.45, 7) is 2.26. The fourth-order valence-electron chi connectivity index (χ4n) is 1.49. The molecule has 1 aromatic rings. The van der Waals surface area contributed by atoms with E-state index in [0.717, 1.165) is 18.7 Å². The van der Waals surface area contributed by atoms with Crippen LogP contribution < -0.4 is 5.73 Å². The van der Waals surface area contributed by atoms with Crippen LogP contribution in [0.3, 0.4) is 0 Å². The van der Waals surface area contributed by atoms with Crippen LogP contribution in [0.4, 0.5) is 4.39 Å². The minimum Gasteiger partial charge on any atom is -0.383 e. The van der Waals surface area contributed by atoms with Crippen molar-refractivity contribution >= 4 is 0 Å². The molecule has 1 aromatic carbocycles. The number of hydrogen-bond donors (Lipinski definition) is 1. The highest BCUT2D eigenvalue weighted by Crippen LogP contribution is 2.11. The largest absolute Gasteiger partial charge is 0.383 e. The van der Waals surface area contributed by atoms with E-state index in [9.17, 15) is 4.39 Å². The molecule has 0 saturated heterocycles. The lowest BCUT2D eigenvalue weighted by Gasteiger charge is -2.21. The lowest BCUT2D eigenvalue weighted by molar-refractivity contribution is 0.158. The Morgan fingerprint density at radius 2 is 2.00 bits per heavy atom. The zero-order valence-electron chi connectivity index (χ0n) is 9.82. The molecule has 90 valence electrons. The van der Waals surface area contributed by atoms with Crippen LogP contribution in [-0.4, -0.2) is 38.8 Å². The highest BCUT2D eigenvalue weighted by molar-refractivity contribution is 5.19. The van der Waals surface area contributed by atoms with E-state index in [2.05, 4.69) is 4.90 Å². The quantitative estimate of drug-likeness (QED) is 0.797. The number of ether oxygens (including phenoxy) is 1. The third-order valence-corrected chi connectivity index (χ3v) is 2.48.